The summed E-state index contributed by atoms with van der Waals surface area (Å²) in [6.07, 6.45) is 0.516. The second-order valence-corrected chi connectivity index (χ2v) is 7.41. The SMILES string of the molecule is CC(C)(C)CC(CC(=O)O)NC(=O)[C@H](N)C(C)(C)C. The summed E-state index contributed by atoms with van der Waals surface area (Å²) < 4.78 is 0. The minimum Gasteiger partial charge on any atom is -0.481 e. The van der Waals surface area contributed by atoms with Gasteiger partial charge in [0.15, 0.2) is 0 Å². The maximum absolute atomic E-state index is 12.0. The van der Waals surface area contributed by atoms with E-state index >= 15 is 0 Å². The first-order valence-electron chi connectivity index (χ1n) is 6.60. The maximum atomic E-state index is 12.0. The summed E-state index contributed by atoms with van der Waals surface area (Å²) in [4.78, 5) is 22.9. The molecule has 0 saturated heterocycles. The van der Waals surface area contributed by atoms with E-state index in [0.717, 1.165) is 0 Å². The van der Waals surface area contributed by atoms with E-state index in [1.807, 2.05) is 41.5 Å². The molecule has 0 bridgehead atoms. The fourth-order valence-electron chi connectivity index (χ4n) is 1.81. The fourth-order valence-corrected chi connectivity index (χ4v) is 1.81. The van der Waals surface area contributed by atoms with Crippen LogP contribution in [0.25, 0.3) is 0 Å². The molecule has 0 aromatic heterocycles. The largest absolute Gasteiger partial charge is 0.481 e. The second kappa shape index (κ2) is 6.37. The topological polar surface area (TPSA) is 92.4 Å². The van der Waals surface area contributed by atoms with Crippen LogP contribution in [0, 0.1) is 10.8 Å². The van der Waals surface area contributed by atoms with Gasteiger partial charge in [0.1, 0.15) is 0 Å². The van der Waals surface area contributed by atoms with E-state index in [1.165, 1.54) is 0 Å². The van der Waals surface area contributed by atoms with Gasteiger partial charge in [-0.1, -0.05) is 41.5 Å². The molecular formula is C14H28N2O3. The first kappa shape index (κ1) is 17.9. The van der Waals surface area contributed by atoms with Crippen LogP contribution in [-0.2, 0) is 9.59 Å². The summed E-state index contributed by atoms with van der Waals surface area (Å²) in [5, 5.41) is 11.7. The second-order valence-electron chi connectivity index (χ2n) is 7.41. The van der Waals surface area contributed by atoms with Crippen molar-refractivity contribution in [2.24, 2.45) is 16.6 Å². The number of aliphatic carboxylic acids is 1. The molecule has 0 aliphatic carbocycles. The number of amides is 1. The number of carbonyl (C=O) groups is 2. The van der Waals surface area contributed by atoms with Crippen LogP contribution in [0.4, 0.5) is 0 Å². The Kier molecular flexibility index (Phi) is 6.00. The van der Waals surface area contributed by atoms with Gasteiger partial charge in [0.2, 0.25) is 5.91 Å². The molecule has 0 spiro atoms. The quantitative estimate of drug-likeness (QED) is 0.711. The molecule has 0 saturated carbocycles. The van der Waals surface area contributed by atoms with Crippen LogP contribution in [0.2, 0.25) is 0 Å². The number of carbonyl (C=O) groups excluding carboxylic acids is 1. The van der Waals surface area contributed by atoms with Gasteiger partial charge in [0, 0.05) is 6.04 Å². The van der Waals surface area contributed by atoms with Gasteiger partial charge >= 0.3 is 5.97 Å². The highest BCUT2D eigenvalue weighted by Gasteiger charge is 2.30. The Morgan fingerprint density at radius 1 is 1.16 bits per heavy atom. The molecular weight excluding hydrogens is 244 g/mol. The lowest BCUT2D eigenvalue weighted by atomic mass is 9.85. The van der Waals surface area contributed by atoms with Crippen molar-refractivity contribution >= 4 is 11.9 Å². The van der Waals surface area contributed by atoms with Crippen molar-refractivity contribution in [3.8, 4) is 0 Å². The van der Waals surface area contributed by atoms with Crippen molar-refractivity contribution in [3.63, 3.8) is 0 Å². The Hall–Kier alpha value is -1.10. The molecule has 0 aliphatic rings. The van der Waals surface area contributed by atoms with Gasteiger partial charge < -0.3 is 16.2 Å². The number of hydrogen-bond donors (Lipinski definition) is 3. The van der Waals surface area contributed by atoms with E-state index in [4.69, 9.17) is 10.8 Å². The van der Waals surface area contributed by atoms with Crippen LogP contribution in [0.1, 0.15) is 54.4 Å². The third-order valence-corrected chi connectivity index (χ3v) is 2.84. The molecule has 5 nitrogen and oxygen atoms in total. The normalized spacial score (nSPS) is 15.7. The smallest absolute Gasteiger partial charge is 0.305 e. The molecule has 1 amide bonds. The summed E-state index contributed by atoms with van der Waals surface area (Å²) in [7, 11) is 0. The molecule has 0 aliphatic heterocycles. The van der Waals surface area contributed by atoms with Crippen LogP contribution in [0.3, 0.4) is 0 Å². The van der Waals surface area contributed by atoms with E-state index in [-0.39, 0.29) is 23.2 Å². The zero-order chi connectivity index (χ0) is 15.4. The number of rotatable bonds is 5. The van der Waals surface area contributed by atoms with Crippen LogP contribution in [-0.4, -0.2) is 29.1 Å². The molecule has 0 radical (unpaired) electrons. The van der Waals surface area contributed by atoms with Crippen LogP contribution >= 0.6 is 0 Å². The van der Waals surface area contributed by atoms with Crippen LogP contribution in [0.15, 0.2) is 0 Å². The monoisotopic (exact) mass is 272 g/mol. The van der Waals surface area contributed by atoms with Crippen molar-refractivity contribution in [2.75, 3.05) is 0 Å². The zero-order valence-electron chi connectivity index (χ0n) is 12.9. The highest BCUT2D eigenvalue weighted by atomic mass is 16.4. The Labute approximate surface area is 115 Å². The van der Waals surface area contributed by atoms with E-state index < -0.39 is 18.1 Å². The van der Waals surface area contributed by atoms with Crippen LogP contribution < -0.4 is 11.1 Å². The van der Waals surface area contributed by atoms with Gasteiger partial charge in [0.25, 0.3) is 0 Å². The standard InChI is InChI=1S/C14H28N2O3/c1-13(2,3)8-9(7-10(17)18)16-12(19)11(15)14(4,5)6/h9,11H,7-8,15H2,1-6H3,(H,16,19)(H,17,18)/t9?,11-/m0/s1. The van der Waals surface area contributed by atoms with Gasteiger partial charge in [-0.05, 0) is 17.3 Å². The lowest BCUT2D eigenvalue weighted by Gasteiger charge is -2.30. The Morgan fingerprint density at radius 2 is 1.63 bits per heavy atom. The summed E-state index contributed by atoms with van der Waals surface area (Å²) in [5.74, 6) is -1.21. The highest BCUT2D eigenvalue weighted by molar-refractivity contribution is 5.83. The third kappa shape index (κ3) is 7.82. The minimum atomic E-state index is -0.918. The summed E-state index contributed by atoms with van der Waals surface area (Å²) in [5.41, 5.74) is 5.47. The van der Waals surface area contributed by atoms with Gasteiger partial charge in [-0.2, -0.15) is 0 Å². The number of nitrogens with two attached hydrogens (primary N) is 1. The first-order valence-corrected chi connectivity index (χ1v) is 6.60. The summed E-state index contributed by atoms with van der Waals surface area (Å²) in [6.45, 7) is 11.7. The number of carboxylic acids is 1. The van der Waals surface area contributed by atoms with Crippen molar-refractivity contribution < 1.29 is 14.7 Å². The lowest BCUT2D eigenvalue weighted by molar-refractivity contribution is -0.138. The Balaban J connectivity index is 4.73. The van der Waals surface area contributed by atoms with E-state index in [2.05, 4.69) is 5.32 Å². The van der Waals surface area contributed by atoms with Gasteiger partial charge in [-0.25, -0.2) is 0 Å². The molecule has 1 unspecified atom stereocenters. The number of carboxylic acid groups (broad SMARTS) is 1. The van der Waals surface area contributed by atoms with Crippen LogP contribution in [0.5, 0.6) is 0 Å². The zero-order valence-corrected chi connectivity index (χ0v) is 12.9. The Morgan fingerprint density at radius 3 is 1.95 bits per heavy atom. The maximum Gasteiger partial charge on any atom is 0.305 e. The molecule has 0 fully saturated rings. The predicted octanol–water partition coefficient (Wildman–Crippen LogP) is 1.76. The van der Waals surface area contributed by atoms with Crippen molar-refractivity contribution in [2.45, 2.75) is 66.5 Å². The summed E-state index contributed by atoms with van der Waals surface area (Å²) >= 11 is 0. The minimum absolute atomic E-state index is 0.0563. The molecule has 0 heterocycles. The molecule has 5 heteroatoms. The van der Waals surface area contributed by atoms with E-state index in [9.17, 15) is 9.59 Å². The van der Waals surface area contributed by atoms with Gasteiger partial charge in [-0.15, -0.1) is 0 Å². The van der Waals surface area contributed by atoms with Crippen molar-refractivity contribution in [1.29, 1.82) is 0 Å². The lowest BCUT2D eigenvalue weighted by Crippen LogP contribution is -2.52. The van der Waals surface area contributed by atoms with Crippen molar-refractivity contribution in [3.05, 3.63) is 0 Å². The molecule has 112 valence electrons. The number of hydrogen-bond acceptors (Lipinski definition) is 3. The Bertz CT molecular complexity index is 327. The van der Waals surface area contributed by atoms with Crippen molar-refractivity contribution in [1.82, 2.24) is 5.32 Å². The van der Waals surface area contributed by atoms with E-state index in [1.54, 1.807) is 0 Å². The molecule has 0 rings (SSSR count). The molecule has 0 aromatic carbocycles. The molecule has 4 N–H and O–H groups in total. The van der Waals surface area contributed by atoms with Gasteiger partial charge in [-0.3, -0.25) is 9.59 Å². The predicted molar refractivity (Wildman–Crippen MR) is 75.7 cm³/mol. The number of nitrogens with one attached hydrogen (secondary N) is 1. The first-order chi connectivity index (χ1) is 8.33. The third-order valence-electron chi connectivity index (χ3n) is 2.84. The average Bonchev–Trinajstić information content (AvgIpc) is 2.10. The summed E-state index contributed by atoms with van der Waals surface area (Å²) in [6, 6.07) is -1.04. The fraction of sp³-hybridized carbons (Fsp3) is 0.857. The highest BCUT2D eigenvalue weighted by Crippen LogP contribution is 2.23. The molecule has 2 atom stereocenters. The average molecular weight is 272 g/mol. The van der Waals surface area contributed by atoms with E-state index in [0.29, 0.717) is 6.42 Å². The molecule has 0 aromatic rings. The van der Waals surface area contributed by atoms with Gasteiger partial charge in [0.05, 0.1) is 12.5 Å². The molecule has 19 heavy (non-hydrogen) atoms.